The van der Waals surface area contributed by atoms with Crippen molar-refractivity contribution in [1.82, 2.24) is 10.2 Å². The van der Waals surface area contributed by atoms with Gasteiger partial charge in [-0.2, -0.15) is 0 Å². The first-order valence-electron chi connectivity index (χ1n) is 7.51. The number of benzene rings is 2. The number of nitrogens with one attached hydrogen (secondary N) is 1. The van der Waals surface area contributed by atoms with E-state index in [0.717, 1.165) is 16.8 Å². The summed E-state index contributed by atoms with van der Waals surface area (Å²) in [6, 6.07) is 11.9. The number of aromatic nitrogens is 2. The number of hydrogen-bond acceptors (Lipinski definition) is 6. The second kappa shape index (κ2) is 6.62. The van der Waals surface area contributed by atoms with Gasteiger partial charge in [-0.15, -0.1) is 5.10 Å². The van der Waals surface area contributed by atoms with Crippen LogP contribution in [0.15, 0.2) is 40.8 Å². The number of anilines is 2. The highest BCUT2D eigenvalue weighted by atomic mass is 16.5. The van der Waals surface area contributed by atoms with E-state index in [1.165, 1.54) is 5.56 Å². The number of methoxy groups -OCH3 is 2. The van der Waals surface area contributed by atoms with E-state index in [2.05, 4.69) is 28.5 Å². The number of aryl methyl sites for hydroxylation is 2. The normalized spacial score (nSPS) is 10.5. The van der Waals surface area contributed by atoms with Gasteiger partial charge in [-0.3, -0.25) is 0 Å². The number of nitrogens with zero attached hydrogens (tertiary/aromatic N) is 2. The highest BCUT2D eigenvalue weighted by molar-refractivity contribution is 5.62. The molecule has 0 amide bonds. The maximum Gasteiger partial charge on any atom is 0.320 e. The van der Waals surface area contributed by atoms with Gasteiger partial charge in [0, 0.05) is 11.3 Å². The summed E-state index contributed by atoms with van der Waals surface area (Å²) in [5, 5.41) is 11.3. The molecule has 2 aromatic carbocycles. The van der Waals surface area contributed by atoms with Gasteiger partial charge in [-0.25, -0.2) is 0 Å². The van der Waals surface area contributed by atoms with E-state index in [1.807, 2.05) is 25.1 Å². The van der Waals surface area contributed by atoms with Crippen LogP contribution in [0.3, 0.4) is 0 Å². The lowest BCUT2D eigenvalue weighted by atomic mass is 10.1. The summed E-state index contributed by atoms with van der Waals surface area (Å²) >= 11 is 0. The molecule has 0 radical (unpaired) electrons. The molecule has 0 spiro atoms. The van der Waals surface area contributed by atoms with Crippen molar-refractivity contribution in [3.63, 3.8) is 0 Å². The summed E-state index contributed by atoms with van der Waals surface area (Å²) in [6.45, 7) is 4.08. The highest BCUT2D eigenvalue weighted by Gasteiger charge is 2.12. The molecule has 1 heterocycles. The van der Waals surface area contributed by atoms with Gasteiger partial charge in [0.1, 0.15) is 0 Å². The quantitative estimate of drug-likeness (QED) is 0.761. The number of hydrogen-bond donors (Lipinski definition) is 1. The number of ether oxygens (including phenoxy) is 2. The summed E-state index contributed by atoms with van der Waals surface area (Å²) in [5.74, 6) is 1.66. The molecule has 1 aromatic heterocycles. The lowest BCUT2D eigenvalue weighted by Crippen LogP contribution is -1.93. The van der Waals surface area contributed by atoms with Crippen LogP contribution in [0.5, 0.6) is 11.5 Å². The predicted molar refractivity (Wildman–Crippen MR) is 92.0 cm³/mol. The first-order valence-corrected chi connectivity index (χ1v) is 7.51. The molecule has 6 nitrogen and oxygen atoms in total. The molecule has 0 bridgehead atoms. The van der Waals surface area contributed by atoms with Crippen molar-refractivity contribution in [2.75, 3.05) is 19.5 Å². The molecule has 0 saturated carbocycles. The van der Waals surface area contributed by atoms with Crippen LogP contribution in [-0.2, 0) is 0 Å². The van der Waals surface area contributed by atoms with Crippen molar-refractivity contribution in [2.45, 2.75) is 13.8 Å². The molecule has 0 saturated heterocycles. The molecule has 0 unspecified atom stereocenters. The van der Waals surface area contributed by atoms with Gasteiger partial charge in [0.05, 0.1) is 14.2 Å². The van der Waals surface area contributed by atoms with Crippen LogP contribution in [-0.4, -0.2) is 24.4 Å². The van der Waals surface area contributed by atoms with Crippen LogP contribution in [0.2, 0.25) is 0 Å². The zero-order valence-corrected chi connectivity index (χ0v) is 14.1. The molecule has 6 heteroatoms. The third-order valence-electron chi connectivity index (χ3n) is 3.68. The maximum absolute atomic E-state index is 5.70. The SMILES string of the molecule is COc1ccc(-c2nnc(Nc3ccc(C)cc3C)o2)cc1OC. The van der Waals surface area contributed by atoms with Crippen LogP contribution in [0.25, 0.3) is 11.5 Å². The first-order chi connectivity index (χ1) is 11.6. The predicted octanol–water partition coefficient (Wildman–Crippen LogP) is 4.11. The van der Waals surface area contributed by atoms with Gasteiger partial charge in [-0.1, -0.05) is 22.8 Å². The van der Waals surface area contributed by atoms with E-state index in [-0.39, 0.29) is 0 Å². The molecule has 24 heavy (non-hydrogen) atoms. The molecule has 0 aliphatic carbocycles. The van der Waals surface area contributed by atoms with Gasteiger partial charge < -0.3 is 19.2 Å². The van der Waals surface area contributed by atoms with Crippen LogP contribution < -0.4 is 14.8 Å². The topological polar surface area (TPSA) is 69.4 Å². The van der Waals surface area contributed by atoms with E-state index in [0.29, 0.717) is 23.4 Å². The van der Waals surface area contributed by atoms with Crippen LogP contribution >= 0.6 is 0 Å². The minimum Gasteiger partial charge on any atom is -0.493 e. The second-order valence-corrected chi connectivity index (χ2v) is 5.43. The molecule has 3 aromatic rings. The summed E-state index contributed by atoms with van der Waals surface area (Å²) in [4.78, 5) is 0. The van der Waals surface area contributed by atoms with Crippen LogP contribution in [0.1, 0.15) is 11.1 Å². The minimum atomic E-state index is 0.340. The van der Waals surface area contributed by atoms with E-state index in [4.69, 9.17) is 13.9 Å². The first kappa shape index (κ1) is 15.9. The molecule has 0 aliphatic rings. The van der Waals surface area contributed by atoms with E-state index < -0.39 is 0 Å². The van der Waals surface area contributed by atoms with E-state index in [9.17, 15) is 0 Å². The Kier molecular flexibility index (Phi) is 4.37. The smallest absolute Gasteiger partial charge is 0.320 e. The summed E-state index contributed by atoms with van der Waals surface area (Å²) in [5.41, 5.74) is 4.01. The lowest BCUT2D eigenvalue weighted by molar-refractivity contribution is 0.355. The van der Waals surface area contributed by atoms with Crippen LogP contribution in [0, 0.1) is 13.8 Å². The molecule has 1 N–H and O–H groups in total. The monoisotopic (exact) mass is 325 g/mol. The van der Waals surface area contributed by atoms with Gasteiger partial charge >= 0.3 is 6.01 Å². The van der Waals surface area contributed by atoms with Crippen molar-refractivity contribution < 1.29 is 13.9 Å². The molecular weight excluding hydrogens is 306 g/mol. The average Bonchev–Trinajstić information content (AvgIpc) is 3.05. The van der Waals surface area contributed by atoms with Crippen molar-refractivity contribution in [3.05, 3.63) is 47.5 Å². The molecule has 0 atom stereocenters. The van der Waals surface area contributed by atoms with Crippen molar-refractivity contribution in [1.29, 1.82) is 0 Å². The summed E-state index contributed by atoms with van der Waals surface area (Å²) in [6.07, 6.45) is 0. The zero-order valence-electron chi connectivity index (χ0n) is 14.1. The maximum atomic E-state index is 5.70. The van der Waals surface area contributed by atoms with Crippen LogP contribution in [0.4, 0.5) is 11.7 Å². The third-order valence-corrected chi connectivity index (χ3v) is 3.68. The fourth-order valence-corrected chi connectivity index (χ4v) is 2.43. The fraction of sp³-hybridized carbons (Fsp3) is 0.222. The minimum absolute atomic E-state index is 0.340. The Bertz CT molecular complexity index is 858. The fourth-order valence-electron chi connectivity index (χ4n) is 2.43. The summed E-state index contributed by atoms with van der Waals surface area (Å²) < 4.78 is 16.2. The molecule has 124 valence electrons. The Morgan fingerprint density at radius 1 is 0.917 bits per heavy atom. The molecule has 3 rings (SSSR count). The van der Waals surface area contributed by atoms with Crippen molar-refractivity contribution >= 4 is 11.7 Å². The molecule has 0 fully saturated rings. The second-order valence-electron chi connectivity index (χ2n) is 5.43. The Morgan fingerprint density at radius 2 is 1.71 bits per heavy atom. The van der Waals surface area contributed by atoms with Crippen molar-refractivity contribution in [2.24, 2.45) is 0 Å². The van der Waals surface area contributed by atoms with E-state index >= 15 is 0 Å². The highest BCUT2D eigenvalue weighted by Crippen LogP contribution is 2.32. The summed E-state index contributed by atoms with van der Waals surface area (Å²) in [7, 11) is 3.18. The average molecular weight is 325 g/mol. The Labute approximate surface area is 140 Å². The van der Waals surface area contributed by atoms with Crippen molar-refractivity contribution in [3.8, 4) is 23.0 Å². The zero-order chi connectivity index (χ0) is 17.1. The molecular formula is C18H19N3O3. The van der Waals surface area contributed by atoms with Gasteiger partial charge in [0.25, 0.3) is 0 Å². The third kappa shape index (κ3) is 3.17. The van der Waals surface area contributed by atoms with Gasteiger partial charge in [0.2, 0.25) is 5.89 Å². The Morgan fingerprint density at radius 3 is 2.42 bits per heavy atom. The lowest BCUT2D eigenvalue weighted by Gasteiger charge is -2.08. The van der Waals surface area contributed by atoms with Gasteiger partial charge in [-0.05, 0) is 43.7 Å². The largest absolute Gasteiger partial charge is 0.493 e. The van der Waals surface area contributed by atoms with E-state index in [1.54, 1.807) is 26.4 Å². The Hall–Kier alpha value is -3.02. The standard InChI is InChI=1S/C18H19N3O3/c1-11-5-7-14(12(2)9-11)19-18-21-20-17(24-18)13-6-8-15(22-3)16(10-13)23-4/h5-10H,1-4H3,(H,19,21). The Balaban J connectivity index is 1.85. The molecule has 0 aliphatic heterocycles. The number of rotatable bonds is 5. The van der Waals surface area contributed by atoms with Gasteiger partial charge in [0.15, 0.2) is 11.5 Å².